The van der Waals surface area contributed by atoms with Gasteiger partial charge in [-0.15, -0.1) is 0 Å². The summed E-state index contributed by atoms with van der Waals surface area (Å²) in [5.41, 5.74) is 0.858. The highest BCUT2D eigenvalue weighted by Crippen LogP contribution is 2.48. The molecule has 2 aliphatic rings. The minimum absolute atomic E-state index is 0.0400. The van der Waals surface area contributed by atoms with Crippen molar-refractivity contribution < 1.29 is 4.39 Å². The summed E-state index contributed by atoms with van der Waals surface area (Å²) in [5.74, 6) is 0.490. The topological polar surface area (TPSA) is 15.6 Å². The van der Waals surface area contributed by atoms with Crippen LogP contribution in [0.5, 0.6) is 0 Å². The van der Waals surface area contributed by atoms with E-state index in [1.54, 1.807) is 12.1 Å². The fourth-order valence-corrected chi connectivity index (χ4v) is 3.61. The van der Waals surface area contributed by atoms with Gasteiger partial charge in [0.2, 0.25) is 0 Å². The Morgan fingerprint density at radius 1 is 1.37 bits per heavy atom. The van der Waals surface area contributed by atoms with Crippen LogP contribution in [0.25, 0.3) is 0 Å². The van der Waals surface area contributed by atoms with Gasteiger partial charge >= 0.3 is 0 Å². The molecule has 1 unspecified atom stereocenters. The Hall–Kier alpha value is -1.22. The molecule has 3 rings (SSSR count). The van der Waals surface area contributed by atoms with Crippen molar-refractivity contribution in [2.24, 2.45) is 10.9 Å². The molecule has 1 atom stereocenters. The zero-order valence-corrected chi connectivity index (χ0v) is 11.5. The number of likely N-dealkylation sites (tertiary alicyclic amines) is 1. The molecule has 1 saturated heterocycles. The van der Waals surface area contributed by atoms with Crippen LogP contribution in [0.1, 0.15) is 31.2 Å². The third-order valence-electron chi connectivity index (χ3n) is 4.75. The molecule has 0 spiro atoms. The first-order chi connectivity index (χ1) is 9.26. The smallest absolute Gasteiger partial charge is 0.128 e. The number of halogens is 1. The molecular weight excluding hydrogens is 239 g/mol. The molecule has 0 amide bonds. The molecular formula is C16H21FN2. The van der Waals surface area contributed by atoms with Crippen LogP contribution in [0.15, 0.2) is 29.3 Å². The molecule has 1 aromatic rings. The van der Waals surface area contributed by atoms with Crippen LogP contribution in [-0.4, -0.2) is 31.3 Å². The minimum Gasteiger partial charge on any atom is -0.301 e. The maximum atomic E-state index is 14.2. The van der Waals surface area contributed by atoms with Gasteiger partial charge in [-0.25, -0.2) is 4.39 Å². The number of hydrogen-bond donors (Lipinski definition) is 0. The van der Waals surface area contributed by atoms with E-state index in [-0.39, 0.29) is 11.4 Å². The lowest BCUT2D eigenvalue weighted by Gasteiger charge is -2.49. The maximum absolute atomic E-state index is 14.2. The van der Waals surface area contributed by atoms with Crippen LogP contribution in [0.4, 0.5) is 4.39 Å². The zero-order chi connectivity index (χ0) is 13.3. The lowest BCUT2D eigenvalue weighted by molar-refractivity contribution is 0.0277. The normalized spacial score (nSPS) is 26.7. The number of benzene rings is 1. The van der Waals surface area contributed by atoms with Gasteiger partial charge < -0.3 is 4.99 Å². The average molecular weight is 260 g/mol. The van der Waals surface area contributed by atoms with Crippen LogP contribution in [0.3, 0.4) is 0 Å². The summed E-state index contributed by atoms with van der Waals surface area (Å²) in [6.07, 6.45) is 6.58. The Morgan fingerprint density at radius 3 is 2.79 bits per heavy atom. The molecule has 0 bridgehead atoms. The molecule has 19 heavy (non-hydrogen) atoms. The summed E-state index contributed by atoms with van der Waals surface area (Å²) in [6.45, 7) is 2.08. The van der Waals surface area contributed by atoms with Crippen molar-refractivity contribution in [3.05, 3.63) is 35.6 Å². The molecule has 1 aliphatic carbocycles. The maximum Gasteiger partial charge on any atom is 0.128 e. The number of aliphatic imine (C=N–C) groups is 1. The van der Waals surface area contributed by atoms with Gasteiger partial charge in [-0.1, -0.05) is 18.2 Å². The van der Waals surface area contributed by atoms with E-state index in [1.165, 1.54) is 6.42 Å². The fraction of sp³-hybridized carbons (Fsp3) is 0.562. The van der Waals surface area contributed by atoms with Gasteiger partial charge in [0.1, 0.15) is 5.82 Å². The Morgan fingerprint density at radius 2 is 2.16 bits per heavy atom. The van der Waals surface area contributed by atoms with Crippen LogP contribution >= 0.6 is 0 Å². The molecule has 0 aromatic heterocycles. The SMILES string of the molecule is C/N=C/C1CCN(C2(c3ccccc3F)CCC2)C1. The monoisotopic (exact) mass is 260 g/mol. The highest BCUT2D eigenvalue weighted by molar-refractivity contribution is 5.61. The van der Waals surface area contributed by atoms with Crippen molar-refractivity contribution in [1.82, 2.24) is 4.90 Å². The van der Waals surface area contributed by atoms with Crippen molar-refractivity contribution in [1.29, 1.82) is 0 Å². The summed E-state index contributed by atoms with van der Waals surface area (Å²) in [5, 5.41) is 0. The Kier molecular flexibility index (Phi) is 3.40. The highest BCUT2D eigenvalue weighted by atomic mass is 19.1. The van der Waals surface area contributed by atoms with E-state index in [0.717, 1.165) is 37.9 Å². The van der Waals surface area contributed by atoms with Crippen LogP contribution in [0, 0.1) is 11.7 Å². The van der Waals surface area contributed by atoms with E-state index in [0.29, 0.717) is 5.92 Å². The van der Waals surface area contributed by atoms with Crippen molar-refractivity contribution in [2.75, 3.05) is 20.1 Å². The number of nitrogens with zero attached hydrogens (tertiary/aromatic N) is 2. The predicted octanol–water partition coefficient (Wildman–Crippen LogP) is 3.23. The lowest BCUT2D eigenvalue weighted by atomic mass is 9.70. The number of hydrogen-bond acceptors (Lipinski definition) is 2. The van der Waals surface area contributed by atoms with Gasteiger partial charge in [-0.3, -0.25) is 4.90 Å². The molecule has 0 radical (unpaired) electrons. The summed E-state index contributed by atoms with van der Waals surface area (Å²) in [4.78, 5) is 6.63. The third kappa shape index (κ3) is 2.10. The van der Waals surface area contributed by atoms with Crippen molar-refractivity contribution >= 4 is 6.21 Å². The van der Waals surface area contributed by atoms with E-state index in [9.17, 15) is 4.39 Å². The standard InChI is InChI=1S/C16H21FN2/c1-18-11-13-7-10-19(12-13)16(8-4-9-16)14-5-2-3-6-15(14)17/h2-3,5-6,11,13H,4,7-10,12H2,1H3/b18-11+. The molecule has 1 aromatic carbocycles. The summed E-state index contributed by atoms with van der Waals surface area (Å²) in [6, 6.07) is 7.30. The fourth-order valence-electron chi connectivity index (χ4n) is 3.61. The highest BCUT2D eigenvalue weighted by Gasteiger charge is 2.47. The Bertz CT molecular complexity index is 479. The summed E-state index contributed by atoms with van der Waals surface area (Å²) >= 11 is 0. The largest absolute Gasteiger partial charge is 0.301 e. The van der Waals surface area contributed by atoms with E-state index < -0.39 is 0 Å². The quantitative estimate of drug-likeness (QED) is 0.762. The van der Waals surface area contributed by atoms with E-state index in [4.69, 9.17) is 0 Å². The summed E-state index contributed by atoms with van der Waals surface area (Å²) in [7, 11) is 1.83. The van der Waals surface area contributed by atoms with Gasteiger partial charge in [0, 0.05) is 36.8 Å². The molecule has 0 N–H and O–H groups in total. The Labute approximate surface area is 114 Å². The van der Waals surface area contributed by atoms with Crippen LogP contribution in [-0.2, 0) is 5.54 Å². The van der Waals surface area contributed by atoms with Crippen molar-refractivity contribution in [3.63, 3.8) is 0 Å². The predicted molar refractivity (Wildman–Crippen MR) is 76.0 cm³/mol. The second-order valence-electron chi connectivity index (χ2n) is 5.77. The second-order valence-corrected chi connectivity index (χ2v) is 5.77. The Balaban J connectivity index is 1.87. The van der Waals surface area contributed by atoms with E-state index in [2.05, 4.69) is 9.89 Å². The summed E-state index contributed by atoms with van der Waals surface area (Å²) < 4.78 is 14.2. The zero-order valence-electron chi connectivity index (χ0n) is 11.5. The third-order valence-corrected chi connectivity index (χ3v) is 4.75. The van der Waals surface area contributed by atoms with Crippen molar-refractivity contribution in [2.45, 2.75) is 31.2 Å². The number of rotatable bonds is 3. The first kappa shape index (κ1) is 12.8. The van der Waals surface area contributed by atoms with Gasteiger partial charge in [0.05, 0.1) is 0 Å². The lowest BCUT2D eigenvalue weighted by Crippen LogP contribution is -2.50. The molecule has 2 nitrogen and oxygen atoms in total. The first-order valence-electron chi connectivity index (χ1n) is 7.18. The van der Waals surface area contributed by atoms with Gasteiger partial charge in [-0.05, 0) is 38.3 Å². The van der Waals surface area contributed by atoms with Crippen LogP contribution in [0.2, 0.25) is 0 Å². The molecule has 102 valence electrons. The van der Waals surface area contributed by atoms with E-state index in [1.807, 2.05) is 25.4 Å². The van der Waals surface area contributed by atoms with Gasteiger partial charge in [0.25, 0.3) is 0 Å². The van der Waals surface area contributed by atoms with Gasteiger partial charge in [-0.2, -0.15) is 0 Å². The van der Waals surface area contributed by atoms with E-state index >= 15 is 0 Å². The molecule has 3 heteroatoms. The van der Waals surface area contributed by atoms with Gasteiger partial charge in [0.15, 0.2) is 0 Å². The molecule has 2 fully saturated rings. The first-order valence-corrected chi connectivity index (χ1v) is 7.18. The van der Waals surface area contributed by atoms with Crippen LogP contribution < -0.4 is 0 Å². The molecule has 1 saturated carbocycles. The minimum atomic E-state index is -0.0465. The molecule has 1 heterocycles. The van der Waals surface area contributed by atoms with Crippen molar-refractivity contribution in [3.8, 4) is 0 Å². The second kappa shape index (κ2) is 5.04. The molecule has 1 aliphatic heterocycles. The average Bonchev–Trinajstić information content (AvgIpc) is 2.80.